The summed E-state index contributed by atoms with van der Waals surface area (Å²) >= 11 is 0. The molecule has 174 valence electrons. The topological polar surface area (TPSA) is 88.2 Å². The molecule has 0 bridgehead atoms. The van der Waals surface area contributed by atoms with Crippen LogP contribution < -0.4 is 15.0 Å². The maximum atomic E-state index is 12.9. The van der Waals surface area contributed by atoms with E-state index in [1.165, 1.54) is 29.6 Å². The van der Waals surface area contributed by atoms with E-state index in [1.54, 1.807) is 13.8 Å². The zero-order chi connectivity index (χ0) is 23.1. The van der Waals surface area contributed by atoms with Gasteiger partial charge in [0.15, 0.2) is 0 Å². The van der Waals surface area contributed by atoms with Gasteiger partial charge in [-0.1, -0.05) is 26.0 Å². The second-order valence-electron chi connectivity index (χ2n) is 7.40. The van der Waals surface area contributed by atoms with Crippen molar-refractivity contribution >= 4 is 21.6 Å². The summed E-state index contributed by atoms with van der Waals surface area (Å²) in [6, 6.07) is 12.4. The number of nitrogens with one attached hydrogen (secondary N) is 1. The van der Waals surface area contributed by atoms with Crippen LogP contribution in [0, 0.1) is 0 Å². The summed E-state index contributed by atoms with van der Waals surface area (Å²) in [5.41, 5.74) is 2.26. The van der Waals surface area contributed by atoms with Gasteiger partial charge in [0.25, 0.3) is 5.91 Å². The Kier molecular flexibility index (Phi) is 8.11. The third kappa shape index (κ3) is 5.40. The maximum absolute atomic E-state index is 12.9. The van der Waals surface area contributed by atoms with Crippen molar-refractivity contribution in [1.29, 1.82) is 0 Å². The summed E-state index contributed by atoms with van der Waals surface area (Å²) in [6.45, 7) is 7.76. The van der Waals surface area contributed by atoms with E-state index in [0.717, 1.165) is 37.6 Å². The van der Waals surface area contributed by atoms with Crippen molar-refractivity contribution in [3.63, 3.8) is 0 Å². The molecule has 0 spiro atoms. The smallest absolute Gasteiger partial charge is 0.255 e. The molecule has 32 heavy (non-hydrogen) atoms. The Morgan fingerprint density at radius 3 is 2.34 bits per heavy atom. The van der Waals surface area contributed by atoms with Crippen molar-refractivity contribution in [3.05, 3.63) is 53.6 Å². The van der Waals surface area contributed by atoms with E-state index in [9.17, 15) is 13.2 Å². The van der Waals surface area contributed by atoms with Gasteiger partial charge in [0.05, 0.1) is 30.8 Å². The Labute approximate surface area is 190 Å². The molecule has 2 aromatic carbocycles. The highest BCUT2D eigenvalue weighted by atomic mass is 32.2. The van der Waals surface area contributed by atoms with Gasteiger partial charge in [-0.25, -0.2) is 8.42 Å². The Bertz CT molecular complexity index is 1010. The van der Waals surface area contributed by atoms with Crippen molar-refractivity contribution in [2.45, 2.75) is 25.3 Å². The molecule has 0 atom stereocenters. The van der Waals surface area contributed by atoms with Gasteiger partial charge >= 0.3 is 0 Å². The second kappa shape index (κ2) is 10.8. The molecule has 1 N–H and O–H groups in total. The largest absolute Gasteiger partial charge is 0.496 e. The lowest BCUT2D eigenvalue weighted by atomic mass is 10.1. The predicted octanol–water partition coefficient (Wildman–Crippen LogP) is 2.49. The lowest BCUT2D eigenvalue weighted by molar-refractivity contribution is 0.0947. The van der Waals surface area contributed by atoms with E-state index in [0.29, 0.717) is 25.4 Å². The molecule has 9 heteroatoms. The standard InChI is InChI=1S/C23H31N3O5S/c1-4-26(5-2)32(28,29)20-10-11-22(30-3)21(16-20)23(27)24-17-18-6-8-19(9-7-18)25-12-14-31-15-13-25/h6-11,16H,4-5,12-15,17H2,1-3H3,(H,24,27). The number of benzene rings is 2. The van der Waals surface area contributed by atoms with Gasteiger partial charge in [-0.2, -0.15) is 4.31 Å². The van der Waals surface area contributed by atoms with E-state index in [-0.39, 0.29) is 10.5 Å². The van der Waals surface area contributed by atoms with Crippen molar-refractivity contribution in [3.8, 4) is 5.75 Å². The number of nitrogens with zero attached hydrogens (tertiary/aromatic N) is 2. The highest BCUT2D eigenvalue weighted by molar-refractivity contribution is 7.89. The number of carbonyl (C=O) groups is 1. The fourth-order valence-electron chi connectivity index (χ4n) is 3.66. The first kappa shape index (κ1) is 24.0. The van der Waals surface area contributed by atoms with E-state index in [4.69, 9.17) is 9.47 Å². The summed E-state index contributed by atoms with van der Waals surface area (Å²) < 4.78 is 37.7. The third-order valence-electron chi connectivity index (χ3n) is 5.52. The zero-order valence-electron chi connectivity index (χ0n) is 18.8. The average molecular weight is 462 g/mol. The summed E-state index contributed by atoms with van der Waals surface area (Å²) in [6.07, 6.45) is 0. The van der Waals surface area contributed by atoms with Gasteiger partial charge in [0, 0.05) is 38.4 Å². The number of hydrogen-bond donors (Lipinski definition) is 1. The van der Waals surface area contributed by atoms with Crippen LogP contribution >= 0.6 is 0 Å². The third-order valence-corrected chi connectivity index (χ3v) is 7.57. The molecular weight excluding hydrogens is 430 g/mol. The number of amides is 1. The van der Waals surface area contributed by atoms with Crippen molar-refractivity contribution in [1.82, 2.24) is 9.62 Å². The maximum Gasteiger partial charge on any atom is 0.255 e. The van der Waals surface area contributed by atoms with Crippen LogP contribution in [0.25, 0.3) is 0 Å². The molecule has 1 aliphatic rings. The van der Waals surface area contributed by atoms with Crippen LogP contribution in [0.2, 0.25) is 0 Å². The minimum absolute atomic E-state index is 0.0713. The van der Waals surface area contributed by atoms with Crippen LogP contribution in [-0.2, 0) is 21.3 Å². The molecule has 1 aliphatic heterocycles. The van der Waals surface area contributed by atoms with E-state index in [1.807, 2.05) is 24.3 Å². The van der Waals surface area contributed by atoms with Gasteiger partial charge in [0.2, 0.25) is 10.0 Å². The first-order valence-electron chi connectivity index (χ1n) is 10.8. The van der Waals surface area contributed by atoms with Crippen LogP contribution in [0.1, 0.15) is 29.8 Å². The van der Waals surface area contributed by atoms with Crippen LogP contribution in [-0.4, -0.2) is 65.1 Å². The van der Waals surface area contributed by atoms with Crippen LogP contribution in [0.5, 0.6) is 5.75 Å². The SMILES string of the molecule is CCN(CC)S(=O)(=O)c1ccc(OC)c(C(=O)NCc2ccc(N3CCOCC3)cc2)c1. The van der Waals surface area contributed by atoms with Gasteiger partial charge in [-0.3, -0.25) is 4.79 Å². The monoisotopic (exact) mass is 461 g/mol. The van der Waals surface area contributed by atoms with Gasteiger partial charge in [-0.15, -0.1) is 0 Å². The molecule has 0 radical (unpaired) electrons. The van der Waals surface area contributed by atoms with Crippen molar-refractivity contribution in [2.24, 2.45) is 0 Å². The predicted molar refractivity (Wildman–Crippen MR) is 124 cm³/mol. The lowest BCUT2D eigenvalue weighted by Crippen LogP contribution is -2.36. The minimum Gasteiger partial charge on any atom is -0.496 e. The van der Waals surface area contributed by atoms with E-state index in [2.05, 4.69) is 10.2 Å². The number of ether oxygens (including phenoxy) is 2. The number of methoxy groups -OCH3 is 1. The quantitative estimate of drug-likeness (QED) is 0.617. The molecule has 0 aromatic heterocycles. The highest BCUT2D eigenvalue weighted by Gasteiger charge is 2.24. The Morgan fingerprint density at radius 2 is 1.75 bits per heavy atom. The summed E-state index contributed by atoms with van der Waals surface area (Å²) in [4.78, 5) is 15.2. The number of anilines is 1. The molecule has 0 aliphatic carbocycles. The minimum atomic E-state index is -3.68. The van der Waals surface area contributed by atoms with Crippen LogP contribution in [0.15, 0.2) is 47.4 Å². The Balaban J connectivity index is 1.72. The number of morpholine rings is 1. The first-order chi connectivity index (χ1) is 15.4. The molecule has 1 saturated heterocycles. The summed E-state index contributed by atoms with van der Waals surface area (Å²) in [7, 11) is -2.23. The van der Waals surface area contributed by atoms with E-state index >= 15 is 0 Å². The normalized spacial score (nSPS) is 14.4. The number of hydrogen-bond acceptors (Lipinski definition) is 6. The molecule has 1 fully saturated rings. The zero-order valence-corrected chi connectivity index (χ0v) is 19.7. The molecule has 0 saturated carbocycles. The summed E-state index contributed by atoms with van der Waals surface area (Å²) in [5, 5.41) is 2.86. The fourth-order valence-corrected chi connectivity index (χ4v) is 5.15. The van der Waals surface area contributed by atoms with Crippen molar-refractivity contribution < 1.29 is 22.7 Å². The molecule has 8 nitrogen and oxygen atoms in total. The second-order valence-corrected chi connectivity index (χ2v) is 9.34. The van der Waals surface area contributed by atoms with Gasteiger partial charge < -0.3 is 19.7 Å². The summed E-state index contributed by atoms with van der Waals surface area (Å²) in [5.74, 6) is -0.0700. The highest BCUT2D eigenvalue weighted by Crippen LogP contribution is 2.25. The van der Waals surface area contributed by atoms with Gasteiger partial charge in [-0.05, 0) is 35.9 Å². The fraction of sp³-hybridized carbons (Fsp3) is 0.435. The lowest BCUT2D eigenvalue weighted by Gasteiger charge is -2.28. The molecule has 2 aromatic rings. The molecule has 1 amide bonds. The molecule has 1 heterocycles. The van der Waals surface area contributed by atoms with Crippen molar-refractivity contribution in [2.75, 3.05) is 51.4 Å². The molecular formula is C23H31N3O5S. The molecule has 0 unspecified atom stereocenters. The Morgan fingerprint density at radius 1 is 1.09 bits per heavy atom. The molecule has 3 rings (SSSR count). The number of carbonyl (C=O) groups excluding carboxylic acids is 1. The Hall–Kier alpha value is -2.62. The first-order valence-corrected chi connectivity index (χ1v) is 12.2. The van der Waals surface area contributed by atoms with E-state index < -0.39 is 15.9 Å². The number of sulfonamides is 1. The number of rotatable bonds is 9. The average Bonchev–Trinajstić information content (AvgIpc) is 2.83. The van der Waals surface area contributed by atoms with Gasteiger partial charge in [0.1, 0.15) is 5.75 Å². The van der Waals surface area contributed by atoms with Crippen LogP contribution in [0.4, 0.5) is 5.69 Å². The van der Waals surface area contributed by atoms with Crippen LogP contribution in [0.3, 0.4) is 0 Å².